The summed E-state index contributed by atoms with van der Waals surface area (Å²) in [7, 11) is 1.81. The van der Waals surface area contributed by atoms with Gasteiger partial charge in [-0.25, -0.2) is 0 Å². The lowest BCUT2D eigenvalue weighted by Crippen LogP contribution is -2.34. The van der Waals surface area contributed by atoms with Crippen LogP contribution in [-0.4, -0.2) is 18.9 Å². The number of methoxy groups -OCH3 is 1. The molecule has 2 saturated carbocycles. The van der Waals surface area contributed by atoms with Crippen molar-refractivity contribution in [3.05, 3.63) is 0 Å². The molecular weight excluding hydrogens is 272 g/mol. The van der Waals surface area contributed by atoms with Gasteiger partial charge in [-0.05, 0) is 45.4 Å². The maximum atomic E-state index is 5.83. The van der Waals surface area contributed by atoms with Gasteiger partial charge >= 0.3 is 0 Å². The zero-order valence-electron chi connectivity index (χ0n) is 15.0. The van der Waals surface area contributed by atoms with Gasteiger partial charge in [0.1, 0.15) is 0 Å². The maximum Gasteiger partial charge on any atom is 0.178 e. The zero-order valence-corrected chi connectivity index (χ0v) is 15.0. The van der Waals surface area contributed by atoms with Gasteiger partial charge in [0.05, 0.1) is 6.04 Å². The third-order valence-electron chi connectivity index (χ3n) is 6.05. The van der Waals surface area contributed by atoms with Gasteiger partial charge in [-0.1, -0.05) is 51.4 Å². The van der Waals surface area contributed by atoms with E-state index in [0.29, 0.717) is 12.0 Å². The zero-order chi connectivity index (χ0) is 15.8. The van der Waals surface area contributed by atoms with Crippen LogP contribution in [0.15, 0.2) is 10.2 Å². The van der Waals surface area contributed by atoms with E-state index < -0.39 is 5.72 Å². The predicted octanol–water partition coefficient (Wildman–Crippen LogP) is 6.13. The Balaban J connectivity index is 1.96. The molecule has 2 unspecified atom stereocenters. The molecule has 0 aromatic carbocycles. The standard InChI is InChI=1S/C19H36N2O/c1-16(17-12-8-4-5-9-13-17)20-21-19(2,22-3)18-14-10-6-7-11-15-18/h16-18H,4-15H2,1-3H3/b21-20+. The largest absolute Gasteiger partial charge is 0.355 e. The topological polar surface area (TPSA) is 34.0 Å². The molecule has 2 aliphatic carbocycles. The second-order valence-corrected chi connectivity index (χ2v) is 7.65. The molecule has 0 heterocycles. The number of rotatable bonds is 5. The van der Waals surface area contributed by atoms with Crippen molar-refractivity contribution in [3.8, 4) is 0 Å². The summed E-state index contributed by atoms with van der Waals surface area (Å²) in [6, 6.07) is 0.346. The third-order valence-corrected chi connectivity index (χ3v) is 6.05. The molecule has 0 amide bonds. The Bertz CT molecular complexity index is 328. The van der Waals surface area contributed by atoms with Crippen LogP contribution in [0.4, 0.5) is 0 Å². The van der Waals surface area contributed by atoms with Gasteiger partial charge in [0.25, 0.3) is 0 Å². The summed E-state index contributed by atoms with van der Waals surface area (Å²) in [5.74, 6) is 1.26. The summed E-state index contributed by atoms with van der Waals surface area (Å²) < 4.78 is 5.83. The Kier molecular flexibility index (Phi) is 7.33. The average Bonchev–Trinajstić information content (AvgIpc) is 2.97. The minimum atomic E-state index is -0.413. The van der Waals surface area contributed by atoms with Gasteiger partial charge in [0, 0.05) is 13.0 Å². The Labute approximate surface area is 137 Å². The van der Waals surface area contributed by atoms with Crippen molar-refractivity contribution < 1.29 is 4.74 Å². The summed E-state index contributed by atoms with van der Waals surface area (Å²) >= 11 is 0. The SMILES string of the molecule is COC(C)(/N=N/C(C)C1CCCCCC1)C1CCCCCC1. The molecule has 0 spiro atoms. The summed E-state index contributed by atoms with van der Waals surface area (Å²) in [6.07, 6.45) is 16.0. The van der Waals surface area contributed by atoms with Gasteiger partial charge in [0.2, 0.25) is 0 Å². The van der Waals surface area contributed by atoms with Crippen LogP contribution in [0, 0.1) is 11.8 Å². The molecule has 0 saturated heterocycles. The molecule has 0 aliphatic heterocycles. The molecule has 0 N–H and O–H groups in total. The number of hydrogen-bond acceptors (Lipinski definition) is 3. The highest BCUT2D eigenvalue weighted by Crippen LogP contribution is 2.36. The van der Waals surface area contributed by atoms with Crippen LogP contribution < -0.4 is 0 Å². The summed E-state index contributed by atoms with van der Waals surface area (Å²) in [5.41, 5.74) is -0.413. The van der Waals surface area contributed by atoms with E-state index in [1.165, 1.54) is 77.0 Å². The van der Waals surface area contributed by atoms with Crippen molar-refractivity contribution in [2.75, 3.05) is 7.11 Å². The summed E-state index contributed by atoms with van der Waals surface area (Å²) in [5, 5.41) is 9.49. The Morgan fingerprint density at radius 3 is 1.86 bits per heavy atom. The van der Waals surface area contributed by atoms with Crippen LogP contribution in [0.5, 0.6) is 0 Å². The van der Waals surface area contributed by atoms with Crippen molar-refractivity contribution in [1.29, 1.82) is 0 Å². The molecule has 0 aromatic rings. The van der Waals surface area contributed by atoms with Crippen LogP contribution in [0.1, 0.15) is 90.9 Å². The van der Waals surface area contributed by atoms with Crippen molar-refractivity contribution in [1.82, 2.24) is 0 Å². The molecule has 2 rings (SSSR count). The van der Waals surface area contributed by atoms with Crippen molar-refractivity contribution >= 4 is 0 Å². The first-order valence-electron chi connectivity index (χ1n) is 9.63. The third kappa shape index (κ3) is 5.04. The molecule has 0 radical (unpaired) electrons. The van der Waals surface area contributed by atoms with Crippen molar-refractivity contribution in [2.24, 2.45) is 22.1 Å². The fourth-order valence-electron chi connectivity index (χ4n) is 4.20. The van der Waals surface area contributed by atoms with Gasteiger partial charge in [-0.15, -0.1) is 0 Å². The number of nitrogens with zero attached hydrogens (tertiary/aromatic N) is 2. The fourth-order valence-corrected chi connectivity index (χ4v) is 4.20. The Hall–Kier alpha value is -0.440. The predicted molar refractivity (Wildman–Crippen MR) is 92.1 cm³/mol. The van der Waals surface area contributed by atoms with Gasteiger partial charge in [-0.2, -0.15) is 10.2 Å². The maximum absolute atomic E-state index is 5.83. The van der Waals surface area contributed by atoms with Crippen molar-refractivity contribution in [3.63, 3.8) is 0 Å². The van der Waals surface area contributed by atoms with E-state index in [4.69, 9.17) is 15.0 Å². The van der Waals surface area contributed by atoms with Crippen LogP contribution >= 0.6 is 0 Å². The van der Waals surface area contributed by atoms with Crippen LogP contribution in [0.3, 0.4) is 0 Å². The Morgan fingerprint density at radius 2 is 1.36 bits per heavy atom. The first-order valence-corrected chi connectivity index (χ1v) is 9.63. The van der Waals surface area contributed by atoms with E-state index in [2.05, 4.69) is 13.8 Å². The van der Waals surface area contributed by atoms with E-state index in [-0.39, 0.29) is 0 Å². The first kappa shape index (κ1) is 17.9. The van der Waals surface area contributed by atoms with Crippen LogP contribution in [0.25, 0.3) is 0 Å². The minimum absolute atomic E-state index is 0.346. The summed E-state index contributed by atoms with van der Waals surface area (Å²) in [6.45, 7) is 4.40. The lowest BCUT2D eigenvalue weighted by Gasteiger charge is -2.32. The molecule has 2 atom stereocenters. The summed E-state index contributed by atoms with van der Waals surface area (Å²) in [4.78, 5) is 0. The normalized spacial score (nSPS) is 27.2. The lowest BCUT2D eigenvalue weighted by atomic mass is 9.90. The molecular formula is C19H36N2O. The molecule has 3 heteroatoms. The monoisotopic (exact) mass is 308 g/mol. The van der Waals surface area contributed by atoms with E-state index in [1.807, 2.05) is 0 Å². The fraction of sp³-hybridized carbons (Fsp3) is 1.00. The van der Waals surface area contributed by atoms with E-state index in [1.54, 1.807) is 7.11 Å². The highest BCUT2D eigenvalue weighted by Gasteiger charge is 2.35. The number of ether oxygens (including phenoxy) is 1. The second kappa shape index (κ2) is 9.00. The molecule has 2 aliphatic rings. The highest BCUT2D eigenvalue weighted by molar-refractivity contribution is 4.83. The molecule has 3 nitrogen and oxygen atoms in total. The van der Waals surface area contributed by atoms with Gasteiger partial charge in [-0.3, -0.25) is 0 Å². The van der Waals surface area contributed by atoms with Gasteiger partial charge < -0.3 is 4.74 Å². The molecule has 22 heavy (non-hydrogen) atoms. The quantitative estimate of drug-likeness (QED) is 0.444. The molecule has 0 aromatic heterocycles. The number of hydrogen-bond donors (Lipinski definition) is 0. The lowest BCUT2D eigenvalue weighted by molar-refractivity contribution is -0.0483. The number of azo groups is 1. The average molecular weight is 309 g/mol. The molecule has 2 fully saturated rings. The molecule has 0 bridgehead atoms. The van der Waals surface area contributed by atoms with Gasteiger partial charge in [0.15, 0.2) is 5.72 Å². The highest BCUT2D eigenvalue weighted by atomic mass is 16.5. The molecule has 128 valence electrons. The van der Waals surface area contributed by atoms with E-state index in [0.717, 1.165) is 5.92 Å². The minimum Gasteiger partial charge on any atom is -0.355 e. The van der Waals surface area contributed by atoms with Crippen molar-refractivity contribution in [2.45, 2.75) is 103 Å². The Morgan fingerprint density at radius 1 is 0.864 bits per heavy atom. The smallest absolute Gasteiger partial charge is 0.178 e. The second-order valence-electron chi connectivity index (χ2n) is 7.65. The first-order chi connectivity index (χ1) is 10.7. The van der Waals surface area contributed by atoms with E-state index in [9.17, 15) is 0 Å². The van der Waals surface area contributed by atoms with Crippen LogP contribution in [0.2, 0.25) is 0 Å². The van der Waals surface area contributed by atoms with Crippen LogP contribution in [-0.2, 0) is 4.74 Å². The van der Waals surface area contributed by atoms with E-state index >= 15 is 0 Å².